The van der Waals surface area contributed by atoms with Crippen molar-refractivity contribution >= 4 is 36.8 Å². The molecule has 2 N–H and O–H groups in total. The Labute approximate surface area is 216 Å². The third-order valence-corrected chi connectivity index (χ3v) is 9.00. The number of amides is 2. The van der Waals surface area contributed by atoms with Crippen LogP contribution in [0.5, 0.6) is 0 Å². The third-order valence-electron chi connectivity index (χ3n) is 7.29. The summed E-state index contributed by atoms with van der Waals surface area (Å²) in [4.78, 5) is 31.7. The highest BCUT2D eigenvalue weighted by molar-refractivity contribution is 6.76. The van der Waals surface area contributed by atoms with Gasteiger partial charge in [0.2, 0.25) is 0 Å². The zero-order valence-corrected chi connectivity index (χ0v) is 22.8. The number of pyridine rings is 1. The lowest BCUT2D eigenvalue weighted by Gasteiger charge is -2.41. The minimum atomic E-state index is -2.69. The Kier molecular flexibility index (Phi) is 8.37. The molecule has 2 aliphatic rings. The molecular weight excluding hydrogens is 500 g/mol. The Morgan fingerprint density at radius 1 is 1.30 bits per heavy atom. The predicted molar refractivity (Wildman–Crippen MR) is 140 cm³/mol. The maximum Gasteiger partial charge on any atom is 0.407 e. The Morgan fingerprint density at radius 2 is 2.03 bits per heavy atom. The zero-order valence-electron chi connectivity index (χ0n) is 21.8. The molecule has 1 aliphatic heterocycles. The van der Waals surface area contributed by atoms with E-state index in [1.807, 2.05) is 16.8 Å². The van der Waals surface area contributed by atoms with Crippen LogP contribution >= 0.6 is 0 Å². The second-order valence-corrected chi connectivity index (χ2v) is 16.9. The van der Waals surface area contributed by atoms with Crippen molar-refractivity contribution < 1.29 is 28.2 Å². The summed E-state index contributed by atoms with van der Waals surface area (Å²) < 4.78 is 33.5. The Hall–Kier alpha value is -2.73. The van der Waals surface area contributed by atoms with Gasteiger partial charge in [0.15, 0.2) is 0 Å². The lowest BCUT2D eigenvalue weighted by atomic mass is 9.84. The van der Waals surface area contributed by atoms with E-state index in [-0.39, 0.29) is 24.4 Å². The summed E-state index contributed by atoms with van der Waals surface area (Å²) >= 11 is 0. The summed E-state index contributed by atoms with van der Waals surface area (Å²) in [5, 5.41) is 13.1. The summed E-state index contributed by atoms with van der Waals surface area (Å²) in [6.07, 6.45) is 2.61. The molecule has 0 spiro atoms. The van der Waals surface area contributed by atoms with Crippen molar-refractivity contribution in [2.45, 2.75) is 70.6 Å². The van der Waals surface area contributed by atoms with Gasteiger partial charge in [-0.25, -0.2) is 18.6 Å². The van der Waals surface area contributed by atoms with Crippen LogP contribution in [0.15, 0.2) is 18.5 Å². The van der Waals surface area contributed by atoms with Crippen molar-refractivity contribution in [3.8, 4) is 0 Å². The minimum Gasteiger partial charge on any atom is -0.465 e. The van der Waals surface area contributed by atoms with Gasteiger partial charge in [-0.2, -0.15) is 0 Å². The molecule has 1 aliphatic carbocycles. The first kappa shape index (κ1) is 27.3. The molecule has 12 heteroatoms. The van der Waals surface area contributed by atoms with Gasteiger partial charge in [-0.1, -0.05) is 19.6 Å². The first-order valence-electron chi connectivity index (χ1n) is 12.9. The van der Waals surface area contributed by atoms with Crippen LogP contribution < -0.4 is 10.2 Å². The number of carbonyl (C=O) groups excluding carboxylic acids is 1. The summed E-state index contributed by atoms with van der Waals surface area (Å²) in [6.45, 7) is 7.78. The van der Waals surface area contributed by atoms with Gasteiger partial charge in [0.05, 0.1) is 24.5 Å². The van der Waals surface area contributed by atoms with Gasteiger partial charge in [0.1, 0.15) is 12.4 Å². The predicted octanol–water partition coefficient (Wildman–Crippen LogP) is 4.66. The summed E-state index contributed by atoms with van der Waals surface area (Å²) in [5.74, 6) is -0.116. The molecule has 1 fully saturated rings. The lowest BCUT2D eigenvalue weighted by molar-refractivity contribution is 0.0690. The normalized spacial score (nSPS) is 20.3. The van der Waals surface area contributed by atoms with Crippen molar-refractivity contribution in [2.75, 3.05) is 31.3 Å². The summed E-state index contributed by atoms with van der Waals surface area (Å²) in [5.41, 5.74) is 2.17. The van der Waals surface area contributed by atoms with Crippen LogP contribution in [0.2, 0.25) is 25.7 Å². The summed E-state index contributed by atoms with van der Waals surface area (Å²) in [6, 6.07) is 3.21. The van der Waals surface area contributed by atoms with E-state index in [4.69, 9.17) is 4.74 Å². The molecule has 2 aromatic rings. The fraction of sp³-hybridized carbons (Fsp3) is 0.640. The Balaban J connectivity index is 1.47. The van der Waals surface area contributed by atoms with Crippen LogP contribution in [-0.2, 0) is 11.5 Å². The van der Waals surface area contributed by atoms with Crippen molar-refractivity contribution in [1.82, 2.24) is 19.8 Å². The molecule has 1 saturated carbocycles. The largest absolute Gasteiger partial charge is 0.465 e. The van der Waals surface area contributed by atoms with E-state index < -0.39 is 27.1 Å². The van der Waals surface area contributed by atoms with Crippen molar-refractivity contribution in [3.63, 3.8) is 0 Å². The number of carbonyl (C=O) groups is 2. The average molecular weight is 538 g/mol. The number of nitrogens with one attached hydrogen (secondary N) is 1. The van der Waals surface area contributed by atoms with Crippen LogP contribution in [0.3, 0.4) is 0 Å². The Morgan fingerprint density at radius 3 is 2.68 bits per heavy atom. The smallest absolute Gasteiger partial charge is 0.407 e. The van der Waals surface area contributed by atoms with Gasteiger partial charge in [-0.05, 0) is 43.7 Å². The molecule has 4 rings (SSSR count). The summed E-state index contributed by atoms with van der Waals surface area (Å²) in [7, 11) is -1.18. The highest BCUT2D eigenvalue weighted by Gasteiger charge is 2.34. The van der Waals surface area contributed by atoms with Gasteiger partial charge in [0.25, 0.3) is 12.3 Å². The number of hydrogen-bond acceptors (Lipinski definition) is 5. The average Bonchev–Trinajstić information content (AvgIpc) is 3.25. The van der Waals surface area contributed by atoms with Crippen LogP contribution in [0.1, 0.15) is 36.0 Å². The van der Waals surface area contributed by atoms with E-state index in [1.54, 1.807) is 6.20 Å². The number of aromatic nitrogens is 2. The second-order valence-electron chi connectivity index (χ2n) is 11.3. The second kappa shape index (κ2) is 11.3. The SMILES string of the molecule is C[Si](C)(C)CCOCn1ccc2c3c(cnc21)C(=O)NCN3[C@H]1CC[C@H](CN(CC(F)F)C(=O)O)CC1. The maximum absolute atomic E-state index is 12.8. The van der Waals surface area contributed by atoms with Crippen LogP contribution in [-0.4, -0.2) is 78.5 Å². The van der Waals surface area contributed by atoms with Crippen LogP contribution in [0.4, 0.5) is 19.3 Å². The topological polar surface area (TPSA) is 99.9 Å². The molecule has 2 amide bonds. The van der Waals surface area contributed by atoms with Gasteiger partial charge in [-0.15, -0.1) is 0 Å². The van der Waals surface area contributed by atoms with Gasteiger partial charge < -0.3 is 29.5 Å². The van der Waals surface area contributed by atoms with E-state index in [2.05, 4.69) is 34.8 Å². The number of fused-ring (bicyclic) bond motifs is 3. The number of halogens is 2. The van der Waals surface area contributed by atoms with Gasteiger partial charge in [0, 0.05) is 45.0 Å². The quantitative estimate of drug-likeness (QED) is 0.338. The standard InChI is InChI=1S/C25H37F2N5O4Si/c1-37(2,3)11-10-36-16-30-9-8-19-22-20(12-28-23(19)30)24(33)29-15-32(22)18-6-4-17(5-7-18)13-31(25(34)35)14-21(26)27/h8-9,12,17-18,21H,4-7,10-11,13-16H2,1-3H3,(H,29,33)(H,34,35)/t17-,18-. The molecule has 0 saturated heterocycles. The Bertz CT molecular complexity index is 1110. The monoisotopic (exact) mass is 537 g/mol. The molecule has 37 heavy (non-hydrogen) atoms. The molecule has 0 unspecified atom stereocenters. The molecule has 0 aromatic carbocycles. The minimum absolute atomic E-state index is 0.0387. The fourth-order valence-corrected chi connectivity index (χ4v) is 5.99. The van der Waals surface area contributed by atoms with E-state index >= 15 is 0 Å². The molecule has 0 bridgehead atoms. The fourth-order valence-electron chi connectivity index (χ4n) is 5.24. The van der Waals surface area contributed by atoms with Crippen LogP contribution in [0.25, 0.3) is 11.0 Å². The number of alkyl halides is 2. The maximum atomic E-state index is 12.8. The van der Waals surface area contributed by atoms with Crippen LogP contribution in [0, 0.1) is 5.92 Å². The first-order valence-corrected chi connectivity index (χ1v) is 16.6. The highest BCUT2D eigenvalue weighted by atomic mass is 28.3. The molecular formula is C25H37F2N5O4Si. The van der Waals surface area contributed by atoms with E-state index in [1.165, 1.54) is 0 Å². The van der Waals surface area contributed by atoms with E-state index in [0.29, 0.717) is 25.6 Å². The third kappa shape index (κ3) is 6.59. The number of rotatable bonds is 10. The number of ether oxygens (including phenoxy) is 1. The van der Waals surface area contributed by atoms with Crippen molar-refractivity contribution in [3.05, 3.63) is 24.0 Å². The number of nitrogens with zero attached hydrogens (tertiary/aromatic N) is 4. The highest BCUT2D eigenvalue weighted by Crippen LogP contribution is 2.38. The molecule has 204 valence electrons. The molecule has 3 heterocycles. The zero-order chi connectivity index (χ0) is 26.7. The molecule has 9 nitrogen and oxygen atoms in total. The van der Waals surface area contributed by atoms with Crippen molar-refractivity contribution in [1.29, 1.82) is 0 Å². The van der Waals surface area contributed by atoms with Gasteiger partial charge in [-0.3, -0.25) is 4.79 Å². The number of hydrogen-bond donors (Lipinski definition) is 2. The number of anilines is 1. The van der Waals surface area contributed by atoms with E-state index in [9.17, 15) is 23.5 Å². The van der Waals surface area contributed by atoms with Crippen molar-refractivity contribution in [2.24, 2.45) is 5.92 Å². The molecule has 0 radical (unpaired) electrons. The van der Waals surface area contributed by atoms with E-state index in [0.717, 1.165) is 53.3 Å². The number of carboxylic acid groups (broad SMARTS) is 1. The molecule has 2 aromatic heterocycles. The van der Waals surface area contributed by atoms with Gasteiger partial charge >= 0.3 is 6.09 Å². The first-order chi connectivity index (χ1) is 17.5. The molecule has 0 atom stereocenters. The lowest BCUT2D eigenvalue weighted by Crippen LogP contribution is -2.50.